The van der Waals surface area contributed by atoms with Crippen molar-refractivity contribution < 1.29 is 4.79 Å². The van der Waals surface area contributed by atoms with E-state index in [1.54, 1.807) is 11.9 Å². The molecule has 1 amide bonds. The molecule has 0 aromatic heterocycles. The molecular weight excluding hydrogens is 244 g/mol. The summed E-state index contributed by atoms with van der Waals surface area (Å²) in [6.45, 7) is 4.06. The Balaban J connectivity index is 3.00. The number of benzene rings is 1. The first kappa shape index (κ1) is 14.6. The van der Waals surface area contributed by atoms with Crippen LogP contribution >= 0.6 is 12.2 Å². The van der Waals surface area contributed by atoms with Crippen molar-refractivity contribution in [2.75, 3.05) is 7.05 Å². The maximum absolute atomic E-state index is 12.4. The standard InChI is InChI=1S/C14H20N2OS/c1-4-10(2)16(3)14(17)12(13(15)18)11-8-6-5-7-9-11/h5-10,12H,4H2,1-3H3,(H2,15,18). The smallest absolute Gasteiger partial charge is 0.236 e. The lowest BCUT2D eigenvalue weighted by Gasteiger charge is -2.28. The van der Waals surface area contributed by atoms with E-state index in [-0.39, 0.29) is 16.9 Å². The number of likely N-dealkylation sites (N-methyl/N-ethyl adjacent to an activating group) is 1. The van der Waals surface area contributed by atoms with Gasteiger partial charge in [0, 0.05) is 13.1 Å². The molecule has 18 heavy (non-hydrogen) atoms. The van der Waals surface area contributed by atoms with Gasteiger partial charge in [-0.1, -0.05) is 49.5 Å². The van der Waals surface area contributed by atoms with Gasteiger partial charge in [0.1, 0.15) is 5.92 Å². The Labute approximate surface area is 114 Å². The zero-order chi connectivity index (χ0) is 13.7. The molecule has 98 valence electrons. The number of rotatable bonds is 5. The van der Waals surface area contributed by atoms with Crippen molar-refractivity contribution in [2.45, 2.75) is 32.2 Å². The molecule has 1 aromatic rings. The molecule has 2 N–H and O–H groups in total. The van der Waals surface area contributed by atoms with Gasteiger partial charge in [-0.05, 0) is 18.9 Å². The van der Waals surface area contributed by atoms with Crippen LogP contribution in [0.1, 0.15) is 31.7 Å². The predicted octanol–water partition coefficient (Wildman–Crippen LogP) is 2.31. The van der Waals surface area contributed by atoms with E-state index < -0.39 is 5.92 Å². The van der Waals surface area contributed by atoms with Crippen LogP contribution in [0.15, 0.2) is 30.3 Å². The van der Waals surface area contributed by atoms with Crippen molar-refractivity contribution in [2.24, 2.45) is 5.73 Å². The van der Waals surface area contributed by atoms with E-state index in [0.29, 0.717) is 0 Å². The highest BCUT2D eigenvalue weighted by Crippen LogP contribution is 2.20. The highest BCUT2D eigenvalue weighted by Gasteiger charge is 2.28. The van der Waals surface area contributed by atoms with Crippen LogP contribution < -0.4 is 5.73 Å². The molecule has 0 fully saturated rings. The SMILES string of the molecule is CCC(C)N(C)C(=O)C(C(N)=S)c1ccccc1. The number of carbonyl (C=O) groups is 1. The number of nitrogens with zero attached hydrogens (tertiary/aromatic N) is 1. The summed E-state index contributed by atoms with van der Waals surface area (Å²) in [5.74, 6) is -0.566. The van der Waals surface area contributed by atoms with Gasteiger partial charge in [-0.25, -0.2) is 0 Å². The first-order chi connectivity index (χ1) is 8.49. The van der Waals surface area contributed by atoms with Crippen molar-refractivity contribution in [1.82, 2.24) is 4.90 Å². The average molecular weight is 264 g/mol. The molecular formula is C14H20N2OS. The normalized spacial score (nSPS) is 13.7. The van der Waals surface area contributed by atoms with Crippen LogP contribution in [-0.2, 0) is 4.79 Å². The molecule has 4 heteroatoms. The van der Waals surface area contributed by atoms with Crippen molar-refractivity contribution in [3.05, 3.63) is 35.9 Å². The van der Waals surface area contributed by atoms with Crippen molar-refractivity contribution in [3.63, 3.8) is 0 Å². The summed E-state index contributed by atoms with van der Waals surface area (Å²) in [7, 11) is 1.80. The first-order valence-electron chi connectivity index (χ1n) is 6.10. The first-order valence-corrected chi connectivity index (χ1v) is 6.50. The monoisotopic (exact) mass is 264 g/mol. The topological polar surface area (TPSA) is 46.3 Å². The van der Waals surface area contributed by atoms with E-state index in [0.717, 1.165) is 12.0 Å². The van der Waals surface area contributed by atoms with Crippen LogP contribution in [0.25, 0.3) is 0 Å². The Kier molecular flexibility index (Phi) is 5.28. The van der Waals surface area contributed by atoms with Crippen molar-refractivity contribution in [3.8, 4) is 0 Å². The van der Waals surface area contributed by atoms with E-state index in [1.165, 1.54) is 0 Å². The molecule has 0 saturated carbocycles. The lowest BCUT2D eigenvalue weighted by molar-refractivity contribution is -0.131. The fraction of sp³-hybridized carbons (Fsp3) is 0.429. The fourth-order valence-corrected chi connectivity index (χ4v) is 2.01. The van der Waals surface area contributed by atoms with Crippen LogP contribution in [0.3, 0.4) is 0 Å². The van der Waals surface area contributed by atoms with Crippen LogP contribution in [-0.4, -0.2) is 28.9 Å². The molecule has 1 rings (SSSR count). The van der Waals surface area contributed by atoms with Crippen molar-refractivity contribution in [1.29, 1.82) is 0 Å². The summed E-state index contributed by atoms with van der Waals surface area (Å²) in [6.07, 6.45) is 0.904. The van der Waals surface area contributed by atoms with Gasteiger partial charge in [-0.15, -0.1) is 0 Å². The molecule has 0 radical (unpaired) electrons. The number of thiocarbonyl (C=S) groups is 1. The molecule has 1 aromatic carbocycles. The minimum absolute atomic E-state index is 0.0388. The summed E-state index contributed by atoms with van der Waals surface area (Å²) < 4.78 is 0. The highest BCUT2D eigenvalue weighted by molar-refractivity contribution is 7.80. The Hall–Kier alpha value is -1.42. The average Bonchev–Trinajstić information content (AvgIpc) is 2.37. The van der Waals surface area contributed by atoms with Crippen LogP contribution in [0, 0.1) is 0 Å². The van der Waals surface area contributed by atoms with Crippen LogP contribution in [0.5, 0.6) is 0 Å². The predicted molar refractivity (Wildman–Crippen MR) is 78.5 cm³/mol. The maximum Gasteiger partial charge on any atom is 0.236 e. The minimum Gasteiger partial charge on any atom is -0.392 e. The summed E-state index contributed by atoms with van der Waals surface area (Å²) >= 11 is 5.05. The molecule has 0 aliphatic heterocycles. The Bertz CT molecular complexity index is 419. The number of amides is 1. The largest absolute Gasteiger partial charge is 0.392 e. The van der Waals surface area contributed by atoms with Gasteiger partial charge < -0.3 is 10.6 Å². The fourth-order valence-electron chi connectivity index (χ4n) is 1.77. The third-order valence-electron chi connectivity index (χ3n) is 3.26. The maximum atomic E-state index is 12.4. The second-order valence-electron chi connectivity index (χ2n) is 4.45. The molecule has 0 heterocycles. The molecule has 0 saturated heterocycles. The summed E-state index contributed by atoms with van der Waals surface area (Å²) in [5.41, 5.74) is 6.58. The summed E-state index contributed by atoms with van der Waals surface area (Å²) in [6, 6.07) is 9.62. The zero-order valence-electron chi connectivity index (χ0n) is 11.1. The van der Waals surface area contributed by atoms with E-state index in [1.807, 2.05) is 44.2 Å². The van der Waals surface area contributed by atoms with E-state index in [2.05, 4.69) is 0 Å². The summed E-state index contributed by atoms with van der Waals surface area (Å²) in [5, 5.41) is 0. The number of hydrogen-bond acceptors (Lipinski definition) is 2. The van der Waals surface area contributed by atoms with Crippen LogP contribution in [0.4, 0.5) is 0 Å². The lowest BCUT2D eigenvalue weighted by Crippen LogP contribution is -2.41. The Morgan fingerprint density at radius 1 is 1.39 bits per heavy atom. The van der Waals surface area contributed by atoms with Gasteiger partial charge in [-0.3, -0.25) is 4.79 Å². The van der Waals surface area contributed by atoms with Gasteiger partial charge in [0.15, 0.2) is 0 Å². The molecule has 0 aliphatic carbocycles. The van der Waals surface area contributed by atoms with Gasteiger partial charge in [0.05, 0.1) is 4.99 Å². The molecule has 0 spiro atoms. The van der Waals surface area contributed by atoms with Gasteiger partial charge in [0.2, 0.25) is 5.91 Å². The minimum atomic E-state index is -0.528. The Morgan fingerprint density at radius 2 is 1.94 bits per heavy atom. The van der Waals surface area contributed by atoms with Crippen LogP contribution in [0.2, 0.25) is 0 Å². The van der Waals surface area contributed by atoms with Gasteiger partial charge in [0.25, 0.3) is 0 Å². The molecule has 0 bridgehead atoms. The van der Waals surface area contributed by atoms with E-state index in [4.69, 9.17) is 18.0 Å². The molecule has 0 aliphatic rings. The lowest BCUT2D eigenvalue weighted by atomic mass is 9.97. The zero-order valence-corrected chi connectivity index (χ0v) is 11.9. The third-order valence-corrected chi connectivity index (χ3v) is 3.50. The van der Waals surface area contributed by atoms with Gasteiger partial charge >= 0.3 is 0 Å². The quantitative estimate of drug-likeness (QED) is 0.830. The van der Waals surface area contributed by atoms with Crippen molar-refractivity contribution >= 4 is 23.1 Å². The number of hydrogen-bond donors (Lipinski definition) is 1. The van der Waals surface area contributed by atoms with E-state index >= 15 is 0 Å². The second-order valence-corrected chi connectivity index (χ2v) is 4.92. The molecule has 2 unspecified atom stereocenters. The summed E-state index contributed by atoms with van der Waals surface area (Å²) in [4.78, 5) is 14.4. The third kappa shape index (κ3) is 3.29. The second kappa shape index (κ2) is 6.50. The van der Waals surface area contributed by atoms with E-state index in [9.17, 15) is 4.79 Å². The highest BCUT2D eigenvalue weighted by atomic mass is 32.1. The Morgan fingerprint density at radius 3 is 2.39 bits per heavy atom. The molecule has 3 nitrogen and oxygen atoms in total. The van der Waals surface area contributed by atoms with Gasteiger partial charge in [-0.2, -0.15) is 0 Å². The number of carbonyl (C=O) groups excluding carboxylic acids is 1. The number of nitrogens with two attached hydrogens (primary N) is 1. The molecule has 2 atom stereocenters.